The van der Waals surface area contributed by atoms with E-state index in [0.717, 1.165) is 5.39 Å². The molecule has 2 N–H and O–H groups in total. The highest BCUT2D eigenvalue weighted by Gasteiger charge is 2.15. The normalized spacial score (nSPS) is 12.1. The van der Waals surface area contributed by atoms with Gasteiger partial charge < -0.3 is 4.74 Å². The van der Waals surface area contributed by atoms with Crippen LogP contribution in [0.2, 0.25) is 0 Å². The van der Waals surface area contributed by atoms with Crippen LogP contribution in [-0.4, -0.2) is 22.2 Å². The molecule has 0 aliphatic rings. The van der Waals surface area contributed by atoms with Gasteiger partial charge in [0.1, 0.15) is 11.3 Å². The summed E-state index contributed by atoms with van der Waals surface area (Å²) in [4.78, 5) is 15.3. The van der Waals surface area contributed by atoms with E-state index in [2.05, 4.69) is 4.98 Å². The van der Waals surface area contributed by atoms with Crippen LogP contribution in [0.5, 0.6) is 5.75 Å². The summed E-state index contributed by atoms with van der Waals surface area (Å²) >= 11 is 0. The predicted molar refractivity (Wildman–Crippen MR) is 61.8 cm³/mol. The highest BCUT2D eigenvalue weighted by atomic mass is 16.5. The van der Waals surface area contributed by atoms with Gasteiger partial charge in [0.2, 0.25) is 0 Å². The second kappa shape index (κ2) is 4.80. The van der Waals surface area contributed by atoms with Crippen LogP contribution < -0.4 is 10.2 Å². The molecule has 88 valence electrons. The monoisotopic (exact) mass is 232 g/mol. The molecule has 0 saturated heterocycles. The molecule has 0 fully saturated rings. The predicted octanol–water partition coefficient (Wildman–Crippen LogP) is 1.51. The van der Waals surface area contributed by atoms with Gasteiger partial charge in [-0.3, -0.25) is 15.0 Å². The third-order valence-corrected chi connectivity index (χ3v) is 2.38. The first-order chi connectivity index (χ1) is 8.22. The number of para-hydroxylation sites is 1. The number of hydrogen-bond donors (Lipinski definition) is 2. The maximum absolute atomic E-state index is 11.1. The summed E-state index contributed by atoms with van der Waals surface area (Å²) in [6.45, 7) is 1.55. The summed E-state index contributed by atoms with van der Waals surface area (Å²) in [5.74, 6) is -0.0860. The van der Waals surface area contributed by atoms with Crippen molar-refractivity contribution in [2.45, 2.75) is 13.0 Å². The Morgan fingerprint density at radius 2 is 2.18 bits per heavy atom. The van der Waals surface area contributed by atoms with E-state index in [9.17, 15) is 4.79 Å². The van der Waals surface area contributed by atoms with Crippen LogP contribution in [0.4, 0.5) is 0 Å². The lowest BCUT2D eigenvalue weighted by Gasteiger charge is -2.13. The molecule has 0 saturated carbocycles. The molecule has 2 rings (SSSR count). The average molecular weight is 232 g/mol. The highest BCUT2D eigenvalue weighted by molar-refractivity contribution is 5.85. The minimum absolute atomic E-state index is 0.513. The van der Waals surface area contributed by atoms with E-state index in [4.69, 9.17) is 9.94 Å². The van der Waals surface area contributed by atoms with Gasteiger partial charge in [0.05, 0.1) is 0 Å². The maximum atomic E-state index is 11.1. The molecular weight excluding hydrogens is 220 g/mol. The Morgan fingerprint density at radius 3 is 2.94 bits per heavy atom. The number of nitrogens with one attached hydrogen (secondary N) is 1. The maximum Gasteiger partial charge on any atom is 0.284 e. The van der Waals surface area contributed by atoms with Crippen molar-refractivity contribution < 1.29 is 14.7 Å². The lowest BCUT2D eigenvalue weighted by molar-refractivity contribution is -0.135. The van der Waals surface area contributed by atoms with Crippen molar-refractivity contribution in [3.8, 4) is 5.75 Å². The molecule has 0 aliphatic heterocycles. The first kappa shape index (κ1) is 11.3. The Bertz CT molecular complexity index is 537. The molecule has 1 atom stereocenters. The number of aromatic nitrogens is 1. The molecular formula is C12H12N2O3. The summed E-state index contributed by atoms with van der Waals surface area (Å²) in [6, 6.07) is 9.20. The van der Waals surface area contributed by atoms with Gasteiger partial charge in [-0.05, 0) is 19.1 Å². The SMILES string of the molecule is CC(Oc1cccc2cccnc12)C(=O)NO. The fourth-order valence-electron chi connectivity index (χ4n) is 1.51. The number of fused-ring (bicyclic) bond motifs is 1. The Balaban J connectivity index is 2.33. The standard InChI is InChI=1S/C12H12N2O3/c1-8(12(15)14-16)17-10-6-2-4-9-5-3-7-13-11(9)10/h2-8,16H,1H3,(H,14,15). The molecule has 17 heavy (non-hydrogen) atoms. The molecule has 1 heterocycles. The van der Waals surface area contributed by atoms with Gasteiger partial charge in [-0.25, -0.2) is 5.48 Å². The number of hydrogen-bond acceptors (Lipinski definition) is 4. The van der Waals surface area contributed by atoms with Gasteiger partial charge in [-0.2, -0.15) is 0 Å². The van der Waals surface area contributed by atoms with Crippen LogP contribution in [0.3, 0.4) is 0 Å². The number of carbonyl (C=O) groups excluding carboxylic acids is 1. The van der Waals surface area contributed by atoms with Crippen molar-refractivity contribution >= 4 is 16.8 Å². The molecule has 0 aliphatic carbocycles. The number of ether oxygens (including phenoxy) is 1. The smallest absolute Gasteiger partial charge is 0.284 e. The van der Waals surface area contributed by atoms with Crippen LogP contribution in [0.1, 0.15) is 6.92 Å². The first-order valence-corrected chi connectivity index (χ1v) is 5.16. The number of rotatable bonds is 3. The number of hydroxylamine groups is 1. The van der Waals surface area contributed by atoms with Crippen LogP contribution in [0.15, 0.2) is 36.5 Å². The van der Waals surface area contributed by atoms with E-state index >= 15 is 0 Å². The van der Waals surface area contributed by atoms with Crippen molar-refractivity contribution in [3.63, 3.8) is 0 Å². The van der Waals surface area contributed by atoms with Gasteiger partial charge in [-0.1, -0.05) is 18.2 Å². The quantitative estimate of drug-likeness (QED) is 0.621. The Hall–Kier alpha value is -2.14. The van der Waals surface area contributed by atoms with Crippen molar-refractivity contribution in [2.24, 2.45) is 0 Å². The van der Waals surface area contributed by atoms with E-state index in [-0.39, 0.29) is 0 Å². The zero-order valence-corrected chi connectivity index (χ0v) is 9.25. The topological polar surface area (TPSA) is 71.5 Å². The second-order valence-electron chi connectivity index (χ2n) is 3.57. The van der Waals surface area contributed by atoms with Crippen molar-refractivity contribution in [1.82, 2.24) is 10.5 Å². The van der Waals surface area contributed by atoms with Crippen molar-refractivity contribution in [3.05, 3.63) is 36.5 Å². The molecule has 5 heteroatoms. The van der Waals surface area contributed by atoms with Crippen molar-refractivity contribution in [1.29, 1.82) is 0 Å². The van der Waals surface area contributed by atoms with Gasteiger partial charge in [0.25, 0.3) is 5.91 Å². The van der Waals surface area contributed by atoms with Crippen LogP contribution in [-0.2, 0) is 4.79 Å². The van der Waals surface area contributed by atoms with Gasteiger partial charge in [0.15, 0.2) is 6.10 Å². The summed E-state index contributed by atoms with van der Waals surface area (Å²) < 4.78 is 5.45. The van der Waals surface area contributed by atoms with E-state index in [1.54, 1.807) is 24.7 Å². The lowest BCUT2D eigenvalue weighted by atomic mass is 10.2. The van der Waals surface area contributed by atoms with Crippen LogP contribution >= 0.6 is 0 Å². The number of carbonyl (C=O) groups is 1. The number of pyridine rings is 1. The molecule has 1 unspecified atom stereocenters. The Morgan fingerprint density at radius 1 is 1.41 bits per heavy atom. The molecule has 1 aromatic heterocycles. The number of amides is 1. The minimum Gasteiger partial charge on any atom is -0.479 e. The zero-order valence-electron chi connectivity index (χ0n) is 9.25. The largest absolute Gasteiger partial charge is 0.479 e. The van der Waals surface area contributed by atoms with E-state index < -0.39 is 12.0 Å². The van der Waals surface area contributed by atoms with Gasteiger partial charge in [0, 0.05) is 11.6 Å². The molecule has 1 aromatic carbocycles. The molecule has 5 nitrogen and oxygen atoms in total. The van der Waals surface area contributed by atoms with Gasteiger partial charge in [-0.15, -0.1) is 0 Å². The van der Waals surface area contributed by atoms with Crippen molar-refractivity contribution in [2.75, 3.05) is 0 Å². The van der Waals surface area contributed by atoms with E-state index in [1.165, 1.54) is 0 Å². The number of nitrogens with zero attached hydrogens (tertiary/aromatic N) is 1. The van der Waals surface area contributed by atoms with Crippen LogP contribution in [0.25, 0.3) is 10.9 Å². The molecule has 1 amide bonds. The van der Waals surface area contributed by atoms with Crippen LogP contribution in [0, 0.1) is 0 Å². The summed E-state index contributed by atoms with van der Waals surface area (Å²) in [5, 5.41) is 9.43. The zero-order chi connectivity index (χ0) is 12.3. The second-order valence-corrected chi connectivity index (χ2v) is 3.57. The fraction of sp³-hybridized carbons (Fsp3) is 0.167. The highest BCUT2D eigenvalue weighted by Crippen LogP contribution is 2.23. The van der Waals surface area contributed by atoms with E-state index in [1.807, 2.05) is 24.3 Å². The first-order valence-electron chi connectivity index (χ1n) is 5.16. The summed E-state index contributed by atoms with van der Waals surface area (Å²) in [6.07, 6.45) is 0.874. The molecule has 0 spiro atoms. The molecule has 0 bridgehead atoms. The molecule has 0 radical (unpaired) electrons. The lowest BCUT2D eigenvalue weighted by Crippen LogP contribution is -2.34. The molecule has 2 aromatic rings. The minimum atomic E-state index is -0.785. The summed E-state index contributed by atoms with van der Waals surface area (Å²) in [5.41, 5.74) is 2.24. The Kier molecular flexibility index (Phi) is 3.20. The third kappa shape index (κ3) is 2.34. The average Bonchev–Trinajstić information content (AvgIpc) is 2.38. The van der Waals surface area contributed by atoms with E-state index in [0.29, 0.717) is 11.3 Å². The Labute approximate surface area is 98.0 Å². The third-order valence-electron chi connectivity index (χ3n) is 2.38. The van der Waals surface area contributed by atoms with Gasteiger partial charge >= 0.3 is 0 Å². The summed E-state index contributed by atoms with van der Waals surface area (Å²) in [7, 11) is 0. The fourth-order valence-corrected chi connectivity index (χ4v) is 1.51. The number of benzene rings is 1.